The summed E-state index contributed by atoms with van der Waals surface area (Å²) < 4.78 is 34.4. The molecule has 0 unspecified atom stereocenters. The minimum absolute atomic E-state index is 0.0229. The molecule has 0 aromatic heterocycles. The Kier molecular flexibility index (Phi) is 7.74. The van der Waals surface area contributed by atoms with Crippen LogP contribution in [-0.2, 0) is 6.54 Å². The van der Waals surface area contributed by atoms with Gasteiger partial charge in [0.05, 0.1) is 6.61 Å². The zero-order valence-corrected chi connectivity index (χ0v) is 12.7. The number of rotatable bonds is 8. The lowest BCUT2D eigenvalue weighted by atomic mass is 10.2. The van der Waals surface area contributed by atoms with Gasteiger partial charge in [0.25, 0.3) is 0 Å². The molecule has 0 bridgehead atoms. The summed E-state index contributed by atoms with van der Waals surface area (Å²) in [7, 11) is 1.66. The second-order valence-electron chi connectivity index (χ2n) is 4.19. The molecular weight excluding hydrogens is 292 g/mol. The first-order valence-electron chi connectivity index (χ1n) is 6.86. The highest BCUT2D eigenvalue weighted by molar-refractivity contribution is 5.79. The third-order valence-electron chi connectivity index (χ3n) is 2.62. The molecular formula is C15H21F2N3O2. The van der Waals surface area contributed by atoms with E-state index in [9.17, 15) is 8.78 Å². The molecule has 0 saturated carbocycles. The van der Waals surface area contributed by atoms with Crippen LogP contribution in [0.2, 0.25) is 0 Å². The van der Waals surface area contributed by atoms with Gasteiger partial charge in [0, 0.05) is 20.1 Å². The molecule has 0 aliphatic carbocycles. The molecule has 0 saturated heterocycles. The Bertz CT molecular complexity index is 508. The van der Waals surface area contributed by atoms with Gasteiger partial charge in [-0.05, 0) is 24.6 Å². The van der Waals surface area contributed by atoms with E-state index in [0.29, 0.717) is 25.7 Å². The van der Waals surface area contributed by atoms with Gasteiger partial charge in [0.1, 0.15) is 0 Å². The molecule has 2 N–H and O–H groups in total. The topological polar surface area (TPSA) is 54.9 Å². The molecule has 5 nitrogen and oxygen atoms in total. The highest BCUT2D eigenvalue weighted by atomic mass is 19.3. The molecule has 7 heteroatoms. The predicted octanol–water partition coefficient (Wildman–Crippen LogP) is 2.54. The maximum absolute atomic E-state index is 12.3. The molecule has 0 amide bonds. The van der Waals surface area contributed by atoms with Crippen molar-refractivity contribution < 1.29 is 18.3 Å². The fourth-order valence-corrected chi connectivity index (χ4v) is 1.70. The Morgan fingerprint density at radius 3 is 2.73 bits per heavy atom. The van der Waals surface area contributed by atoms with Gasteiger partial charge in [-0.15, -0.1) is 6.58 Å². The highest BCUT2D eigenvalue weighted by Gasteiger charge is 2.11. The lowest BCUT2D eigenvalue weighted by molar-refractivity contribution is -0.0514. The summed E-state index contributed by atoms with van der Waals surface area (Å²) in [4.78, 5) is 4.05. The SMILES string of the molecule is C=CCNC(=NC)NCc1ccc(OC(F)F)c(OCC)c1. The van der Waals surface area contributed by atoms with Crippen LogP contribution >= 0.6 is 0 Å². The maximum atomic E-state index is 12.3. The van der Waals surface area contributed by atoms with Crippen LogP contribution in [0.1, 0.15) is 12.5 Å². The number of aliphatic imine (C=N–C) groups is 1. The van der Waals surface area contributed by atoms with Gasteiger partial charge in [-0.25, -0.2) is 0 Å². The van der Waals surface area contributed by atoms with Crippen LogP contribution in [0.5, 0.6) is 11.5 Å². The zero-order valence-electron chi connectivity index (χ0n) is 12.7. The summed E-state index contributed by atoms with van der Waals surface area (Å²) in [5.74, 6) is 0.927. The van der Waals surface area contributed by atoms with E-state index in [4.69, 9.17) is 4.74 Å². The Morgan fingerprint density at radius 1 is 1.36 bits per heavy atom. The molecule has 0 radical (unpaired) electrons. The monoisotopic (exact) mass is 313 g/mol. The molecule has 0 aliphatic rings. The fraction of sp³-hybridized carbons (Fsp3) is 0.400. The molecule has 0 aliphatic heterocycles. The van der Waals surface area contributed by atoms with Gasteiger partial charge >= 0.3 is 6.61 Å². The molecule has 0 heterocycles. The number of hydrogen-bond donors (Lipinski definition) is 2. The van der Waals surface area contributed by atoms with E-state index in [1.165, 1.54) is 6.07 Å². The van der Waals surface area contributed by atoms with E-state index in [1.807, 2.05) is 0 Å². The van der Waals surface area contributed by atoms with Crippen molar-refractivity contribution in [1.29, 1.82) is 0 Å². The highest BCUT2D eigenvalue weighted by Crippen LogP contribution is 2.29. The Balaban J connectivity index is 2.74. The van der Waals surface area contributed by atoms with Gasteiger partial charge < -0.3 is 20.1 Å². The summed E-state index contributed by atoms with van der Waals surface area (Å²) in [6.45, 7) is 3.92. The van der Waals surface area contributed by atoms with Gasteiger partial charge in [0.2, 0.25) is 0 Å². The van der Waals surface area contributed by atoms with Crippen LogP contribution in [0.3, 0.4) is 0 Å². The first-order valence-corrected chi connectivity index (χ1v) is 6.86. The molecule has 22 heavy (non-hydrogen) atoms. The number of hydrogen-bond acceptors (Lipinski definition) is 3. The van der Waals surface area contributed by atoms with Crippen molar-refractivity contribution in [3.05, 3.63) is 36.4 Å². The van der Waals surface area contributed by atoms with Crippen LogP contribution in [0.15, 0.2) is 35.8 Å². The maximum Gasteiger partial charge on any atom is 0.387 e. The van der Waals surface area contributed by atoms with Crippen molar-refractivity contribution in [3.8, 4) is 11.5 Å². The standard InChI is InChI=1S/C15H21F2N3O2/c1-4-8-19-15(18-3)20-10-11-6-7-12(22-14(16)17)13(9-11)21-5-2/h4,6-7,9,14H,1,5,8,10H2,2-3H3,(H2,18,19,20). The minimum atomic E-state index is -2.88. The summed E-state index contributed by atoms with van der Waals surface area (Å²) >= 11 is 0. The molecule has 1 aromatic carbocycles. The number of nitrogens with zero attached hydrogens (tertiary/aromatic N) is 1. The Morgan fingerprint density at radius 2 is 2.14 bits per heavy atom. The van der Waals surface area contributed by atoms with Crippen molar-refractivity contribution in [2.24, 2.45) is 4.99 Å². The van der Waals surface area contributed by atoms with Crippen molar-refractivity contribution in [3.63, 3.8) is 0 Å². The Labute approximate surface area is 129 Å². The summed E-state index contributed by atoms with van der Waals surface area (Å²) in [6, 6.07) is 4.82. The predicted molar refractivity (Wildman–Crippen MR) is 82.6 cm³/mol. The van der Waals surface area contributed by atoms with E-state index in [0.717, 1.165) is 5.56 Å². The molecule has 0 fully saturated rings. The average Bonchev–Trinajstić information content (AvgIpc) is 2.49. The smallest absolute Gasteiger partial charge is 0.387 e. The normalized spacial score (nSPS) is 11.2. The van der Waals surface area contributed by atoms with Crippen LogP contribution in [0.25, 0.3) is 0 Å². The lowest BCUT2D eigenvalue weighted by Crippen LogP contribution is -2.36. The van der Waals surface area contributed by atoms with Crippen LogP contribution < -0.4 is 20.1 Å². The number of halogens is 2. The third-order valence-corrected chi connectivity index (χ3v) is 2.62. The summed E-state index contributed by atoms with van der Waals surface area (Å²) in [5.41, 5.74) is 0.853. The third kappa shape index (κ3) is 5.99. The second kappa shape index (κ2) is 9.59. The van der Waals surface area contributed by atoms with Crippen LogP contribution in [-0.4, -0.2) is 32.8 Å². The molecule has 0 spiro atoms. The van der Waals surface area contributed by atoms with Crippen molar-refractivity contribution in [1.82, 2.24) is 10.6 Å². The van der Waals surface area contributed by atoms with Gasteiger partial charge in [0.15, 0.2) is 17.5 Å². The molecule has 0 atom stereocenters. The van der Waals surface area contributed by atoms with Crippen LogP contribution in [0.4, 0.5) is 8.78 Å². The van der Waals surface area contributed by atoms with Crippen molar-refractivity contribution >= 4 is 5.96 Å². The van der Waals surface area contributed by atoms with Gasteiger partial charge in [-0.2, -0.15) is 8.78 Å². The summed E-state index contributed by atoms with van der Waals surface area (Å²) in [6.07, 6.45) is 1.72. The first-order chi connectivity index (χ1) is 10.6. The number of nitrogens with one attached hydrogen (secondary N) is 2. The summed E-state index contributed by atoms with van der Waals surface area (Å²) in [5, 5.41) is 6.13. The van der Waals surface area contributed by atoms with Crippen molar-refractivity contribution in [2.75, 3.05) is 20.2 Å². The number of guanidine groups is 1. The molecule has 1 aromatic rings. The lowest BCUT2D eigenvalue weighted by Gasteiger charge is -2.14. The first kappa shape index (κ1) is 17.7. The fourth-order valence-electron chi connectivity index (χ4n) is 1.70. The quantitative estimate of drug-likeness (QED) is 0.440. The Hall–Kier alpha value is -2.31. The van der Waals surface area contributed by atoms with Crippen molar-refractivity contribution in [2.45, 2.75) is 20.1 Å². The van der Waals surface area contributed by atoms with E-state index in [1.54, 1.807) is 32.2 Å². The van der Waals surface area contributed by atoms with E-state index < -0.39 is 6.61 Å². The average molecular weight is 313 g/mol. The minimum Gasteiger partial charge on any atom is -0.490 e. The zero-order chi connectivity index (χ0) is 16.4. The second-order valence-corrected chi connectivity index (χ2v) is 4.19. The largest absolute Gasteiger partial charge is 0.490 e. The number of ether oxygens (including phenoxy) is 2. The van der Waals surface area contributed by atoms with E-state index in [-0.39, 0.29) is 11.5 Å². The van der Waals surface area contributed by atoms with Crippen LogP contribution in [0, 0.1) is 0 Å². The van der Waals surface area contributed by atoms with Gasteiger partial charge in [-0.3, -0.25) is 4.99 Å². The number of alkyl halides is 2. The van der Waals surface area contributed by atoms with Gasteiger partial charge in [-0.1, -0.05) is 12.1 Å². The van der Waals surface area contributed by atoms with E-state index in [2.05, 4.69) is 26.9 Å². The number of benzene rings is 1. The van der Waals surface area contributed by atoms with E-state index >= 15 is 0 Å². The molecule has 122 valence electrons. The molecule has 1 rings (SSSR count).